The number of aromatic nitrogens is 1. The first-order valence-corrected chi connectivity index (χ1v) is 16.0. The molecule has 18 heavy (non-hydrogen) atoms. The molecule has 1 heterocycles. The van der Waals surface area contributed by atoms with Crippen molar-refractivity contribution < 1.29 is 9.90 Å². The Bertz CT molecular complexity index is 447. The second-order valence-corrected chi connectivity index (χ2v) is 20.9. The zero-order valence-corrected chi connectivity index (χ0v) is 14.8. The zero-order chi connectivity index (χ0) is 14.1. The van der Waals surface area contributed by atoms with Gasteiger partial charge in [0.2, 0.25) is 0 Å². The van der Waals surface area contributed by atoms with Crippen molar-refractivity contribution in [1.82, 2.24) is 4.98 Å². The normalized spacial score (nSPS) is 12.3. The van der Waals surface area contributed by atoms with Gasteiger partial charge >= 0.3 is 113 Å². The first-order chi connectivity index (χ1) is 8.03. The molecular formula is C13H22N2O2Sn. The van der Waals surface area contributed by atoms with Crippen LogP contribution >= 0.6 is 0 Å². The van der Waals surface area contributed by atoms with Crippen molar-refractivity contribution in [1.29, 1.82) is 0 Å². The average molecular weight is 357 g/mol. The molecule has 1 rings (SSSR count). The number of amides is 1. The number of anilines is 1. The van der Waals surface area contributed by atoms with E-state index in [1.807, 2.05) is 32.9 Å². The van der Waals surface area contributed by atoms with Crippen LogP contribution in [0.25, 0.3) is 0 Å². The molecule has 0 radical (unpaired) electrons. The van der Waals surface area contributed by atoms with Crippen LogP contribution in [0.15, 0.2) is 18.3 Å². The van der Waals surface area contributed by atoms with E-state index in [0.717, 1.165) is 0 Å². The molecule has 1 aromatic heterocycles. The number of carbonyl (C=O) groups is 1. The zero-order valence-electron chi connectivity index (χ0n) is 12.0. The summed E-state index contributed by atoms with van der Waals surface area (Å²) in [5.41, 5.74) is -0.495. The van der Waals surface area contributed by atoms with E-state index >= 15 is 0 Å². The van der Waals surface area contributed by atoms with Crippen LogP contribution in [-0.4, -0.2) is 40.1 Å². The molecular weight excluding hydrogens is 335 g/mol. The second kappa shape index (κ2) is 5.07. The fourth-order valence-corrected chi connectivity index (χ4v) is 4.98. The van der Waals surface area contributed by atoms with Gasteiger partial charge in [0.05, 0.1) is 0 Å². The van der Waals surface area contributed by atoms with Crippen LogP contribution in [-0.2, 0) is 0 Å². The number of nitrogens with zero attached hydrogens (tertiary/aromatic N) is 2. The van der Waals surface area contributed by atoms with Crippen LogP contribution < -0.4 is 8.48 Å². The summed E-state index contributed by atoms with van der Waals surface area (Å²) in [7, 11) is 0. The Morgan fingerprint density at radius 2 is 1.89 bits per heavy atom. The Balaban J connectivity index is 3.27. The summed E-state index contributed by atoms with van der Waals surface area (Å²) >= 11 is -2.20. The predicted octanol–water partition coefficient (Wildman–Crippen LogP) is 2.91. The van der Waals surface area contributed by atoms with Crippen LogP contribution in [0.2, 0.25) is 14.8 Å². The summed E-state index contributed by atoms with van der Waals surface area (Å²) in [6, 6.07) is 3.96. The van der Waals surface area contributed by atoms with Crippen molar-refractivity contribution in [3.8, 4) is 0 Å². The Hall–Kier alpha value is -0.781. The second-order valence-electron chi connectivity index (χ2n) is 6.44. The third-order valence-electron chi connectivity index (χ3n) is 2.70. The van der Waals surface area contributed by atoms with Crippen molar-refractivity contribution in [3.63, 3.8) is 0 Å². The fourth-order valence-electron chi connectivity index (χ4n) is 1.74. The summed E-state index contributed by atoms with van der Waals surface area (Å²) in [5.74, 6) is 0.527. The Labute approximate surface area is 113 Å². The van der Waals surface area contributed by atoms with Crippen LogP contribution in [0.3, 0.4) is 0 Å². The summed E-state index contributed by atoms with van der Waals surface area (Å²) in [6.45, 7) is 5.61. The number of carboxylic acid groups (broad SMARTS) is 1. The first-order valence-electron chi connectivity index (χ1n) is 6.03. The molecule has 0 aromatic carbocycles. The molecule has 5 heteroatoms. The molecule has 0 aliphatic carbocycles. The third kappa shape index (κ3) is 3.60. The van der Waals surface area contributed by atoms with Crippen molar-refractivity contribution in [2.24, 2.45) is 0 Å². The summed E-state index contributed by atoms with van der Waals surface area (Å²) < 4.78 is 1.28. The molecule has 1 amide bonds. The Morgan fingerprint density at radius 3 is 2.28 bits per heavy atom. The van der Waals surface area contributed by atoms with Crippen molar-refractivity contribution in [2.75, 3.05) is 4.90 Å². The predicted molar refractivity (Wildman–Crippen MR) is 77.5 cm³/mol. The van der Waals surface area contributed by atoms with Gasteiger partial charge in [0, 0.05) is 0 Å². The van der Waals surface area contributed by atoms with Crippen LogP contribution in [0.1, 0.15) is 20.8 Å². The average Bonchev–Trinajstić information content (AvgIpc) is 2.13. The molecule has 0 unspecified atom stereocenters. The van der Waals surface area contributed by atoms with E-state index in [2.05, 4.69) is 19.8 Å². The minimum atomic E-state index is -2.20. The molecule has 0 fully saturated rings. The van der Waals surface area contributed by atoms with E-state index in [0.29, 0.717) is 5.82 Å². The summed E-state index contributed by atoms with van der Waals surface area (Å²) in [4.78, 5) is 23.9. The van der Waals surface area contributed by atoms with E-state index < -0.39 is 30.0 Å². The van der Waals surface area contributed by atoms with Gasteiger partial charge in [-0.15, -0.1) is 0 Å². The first kappa shape index (κ1) is 15.3. The SMILES string of the molecule is CC(C)(C)N(C(=O)O)c1c[c]([Sn]([CH3])([CH3])[CH3])ccn1. The van der Waals surface area contributed by atoms with Gasteiger partial charge in [0.15, 0.2) is 0 Å². The molecule has 0 aliphatic heterocycles. The fraction of sp³-hybridized carbons (Fsp3) is 0.538. The molecule has 100 valence electrons. The van der Waals surface area contributed by atoms with Crippen LogP contribution in [0.4, 0.5) is 10.6 Å². The number of rotatable bonds is 2. The van der Waals surface area contributed by atoms with Gasteiger partial charge in [-0.05, 0) is 0 Å². The molecule has 0 aliphatic rings. The van der Waals surface area contributed by atoms with Crippen molar-refractivity contribution in [2.45, 2.75) is 41.1 Å². The van der Waals surface area contributed by atoms with E-state index in [1.165, 1.54) is 8.48 Å². The molecule has 1 N–H and O–H groups in total. The van der Waals surface area contributed by atoms with Crippen LogP contribution in [0, 0.1) is 0 Å². The number of pyridine rings is 1. The van der Waals surface area contributed by atoms with Gasteiger partial charge in [-0.2, -0.15) is 0 Å². The maximum absolute atomic E-state index is 11.4. The molecule has 0 saturated carbocycles. The third-order valence-corrected chi connectivity index (χ3v) is 8.53. The molecule has 0 saturated heterocycles. The van der Waals surface area contributed by atoms with E-state index in [-0.39, 0.29) is 0 Å². The number of hydrogen-bond acceptors (Lipinski definition) is 2. The van der Waals surface area contributed by atoms with Gasteiger partial charge in [0.1, 0.15) is 0 Å². The van der Waals surface area contributed by atoms with Gasteiger partial charge in [-0.1, -0.05) is 0 Å². The molecule has 0 spiro atoms. The van der Waals surface area contributed by atoms with Gasteiger partial charge < -0.3 is 0 Å². The van der Waals surface area contributed by atoms with Crippen molar-refractivity contribution >= 4 is 33.9 Å². The molecule has 1 aromatic rings. The standard InChI is InChI=1S/C10H13N2O2.3CH3.Sn/c1-10(2,3)12(9(13)14)8-6-4-5-7-11-8;;;;/h5-7H,1-3H3,(H,13,14);3*1H3;. The quantitative estimate of drug-likeness (QED) is 0.829. The van der Waals surface area contributed by atoms with Gasteiger partial charge in [0.25, 0.3) is 0 Å². The monoisotopic (exact) mass is 358 g/mol. The van der Waals surface area contributed by atoms with Crippen LogP contribution in [0.5, 0.6) is 0 Å². The molecule has 0 bridgehead atoms. The van der Waals surface area contributed by atoms with Gasteiger partial charge in [-0.25, -0.2) is 0 Å². The Kier molecular flexibility index (Phi) is 4.30. The van der Waals surface area contributed by atoms with Gasteiger partial charge in [-0.3, -0.25) is 0 Å². The van der Waals surface area contributed by atoms with E-state index in [1.54, 1.807) is 6.20 Å². The van der Waals surface area contributed by atoms with Crippen molar-refractivity contribution in [3.05, 3.63) is 18.3 Å². The Morgan fingerprint density at radius 1 is 1.33 bits per heavy atom. The summed E-state index contributed by atoms with van der Waals surface area (Å²) in [6.07, 6.45) is 0.755. The van der Waals surface area contributed by atoms with E-state index in [4.69, 9.17) is 0 Å². The molecule has 0 atom stereocenters. The topological polar surface area (TPSA) is 53.4 Å². The maximum atomic E-state index is 11.4. The minimum absolute atomic E-state index is 0.495. The molecule has 4 nitrogen and oxygen atoms in total. The summed E-state index contributed by atoms with van der Waals surface area (Å²) in [5, 5.41) is 9.36. The number of hydrogen-bond donors (Lipinski definition) is 1. The van der Waals surface area contributed by atoms with E-state index in [9.17, 15) is 9.90 Å².